The maximum absolute atomic E-state index is 2.86. The molecule has 6 aliphatic rings. The van der Waals surface area contributed by atoms with Crippen molar-refractivity contribution in [3.63, 3.8) is 0 Å². The molecule has 3 aliphatic carbocycles. The summed E-state index contributed by atoms with van der Waals surface area (Å²) in [5.41, 5.74) is 21.5. The lowest BCUT2D eigenvalue weighted by Crippen LogP contribution is -2.59. The molecule has 0 amide bonds. The summed E-state index contributed by atoms with van der Waals surface area (Å²) < 4.78 is 0. The van der Waals surface area contributed by atoms with Crippen LogP contribution in [0.15, 0.2) is 124 Å². The molecule has 0 N–H and O–H groups in total. The van der Waals surface area contributed by atoms with E-state index in [1.807, 2.05) is 0 Å². The third-order valence-electron chi connectivity index (χ3n) is 15.3. The van der Waals surface area contributed by atoms with E-state index in [1.165, 1.54) is 33.8 Å². The van der Waals surface area contributed by atoms with Crippen LogP contribution in [0.5, 0.6) is 0 Å². The number of anilines is 3. The molecule has 0 fully saturated rings. The molecule has 0 radical (unpaired) electrons. The molecule has 9 rings (SSSR count). The molecule has 3 heteroatoms. The SMILES string of the molecule is CC(C)(C)C1=CC2=C(CC1)N1C3=C(C=C(C(C)(C)C)CC23)B2c3c1cc(C(C)(C)c1ccccc1)cc3N(c1cccc(C(C)(C)C)c1)C1CC=C(C(C)(C)C)CC21. The third kappa shape index (κ3) is 6.18. The van der Waals surface area contributed by atoms with Gasteiger partial charge in [-0.15, -0.1) is 0 Å². The molecule has 3 heterocycles. The van der Waals surface area contributed by atoms with Crippen LogP contribution in [-0.2, 0) is 10.8 Å². The number of nitrogens with zero attached hydrogens (tertiary/aromatic N) is 2. The molecule has 0 saturated heterocycles. The minimum atomic E-state index is -0.188. The molecule has 2 nitrogen and oxygen atoms in total. The van der Waals surface area contributed by atoms with Gasteiger partial charge in [0.1, 0.15) is 0 Å². The average molecular weight is 769 g/mol. The number of hydrogen-bond acceptors (Lipinski definition) is 2. The predicted octanol–water partition coefficient (Wildman–Crippen LogP) is 14.3. The fraction of sp³-hybridized carbons (Fsp3) is 0.491. The normalized spacial score (nSPS) is 23.2. The Morgan fingerprint density at radius 1 is 0.586 bits per heavy atom. The molecular weight excluding hydrogens is 699 g/mol. The summed E-state index contributed by atoms with van der Waals surface area (Å²) in [5.74, 6) is 0.848. The zero-order valence-electron chi connectivity index (χ0n) is 38.3. The van der Waals surface area contributed by atoms with Crippen molar-refractivity contribution < 1.29 is 0 Å². The molecule has 3 aromatic rings. The van der Waals surface area contributed by atoms with E-state index in [0.717, 1.165) is 32.1 Å². The largest absolute Gasteiger partial charge is 0.339 e. The van der Waals surface area contributed by atoms with Crippen molar-refractivity contribution in [2.24, 2.45) is 22.2 Å². The zero-order valence-corrected chi connectivity index (χ0v) is 38.3. The first-order valence-corrected chi connectivity index (χ1v) is 22.6. The number of benzene rings is 3. The van der Waals surface area contributed by atoms with Crippen molar-refractivity contribution in [3.8, 4) is 0 Å². The summed E-state index contributed by atoms with van der Waals surface area (Å²) in [6.45, 7) is 34.3. The Labute approximate surface area is 352 Å². The first-order valence-electron chi connectivity index (χ1n) is 22.6. The Morgan fingerprint density at radius 3 is 1.90 bits per heavy atom. The van der Waals surface area contributed by atoms with E-state index in [2.05, 4.69) is 192 Å². The van der Waals surface area contributed by atoms with Gasteiger partial charge in [-0.2, -0.15) is 0 Å². The number of rotatable bonds is 3. The first-order chi connectivity index (χ1) is 27.0. The van der Waals surface area contributed by atoms with E-state index < -0.39 is 0 Å². The topological polar surface area (TPSA) is 6.48 Å². The Balaban J connectivity index is 1.39. The van der Waals surface area contributed by atoms with E-state index in [1.54, 1.807) is 44.6 Å². The Morgan fingerprint density at radius 2 is 1.24 bits per heavy atom. The molecule has 58 heavy (non-hydrogen) atoms. The van der Waals surface area contributed by atoms with Crippen LogP contribution in [-0.4, -0.2) is 12.8 Å². The predicted molar refractivity (Wildman–Crippen MR) is 251 cm³/mol. The summed E-state index contributed by atoms with van der Waals surface area (Å²) in [5, 5.41) is 0. The van der Waals surface area contributed by atoms with Gasteiger partial charge < -0.3 is 9.80 Å². The van der Waals surface area contributed by atoms with Gasteiger partial charge in [-0.25, -0.2) is 0 Å². The molecule has 3 aliphatic heterocycles. The highest BCUT2D eigenvalue weighted by Crippen LogP contribution is 2.60. The maximum Gasteiger partial charge on any atom is 0.222 e. The second kappa shape index (κ2) is 13.0. The van der Waals surface area contributed by atoms with Crippen LogP contribution in [0.2, 0.25) is 5.82 Å². The fourth-order valence-corrected chi connectivity index (χ4v) is 11.5. The lowest BCUT2D eigenvalue weighted by molar-refractivity contribution is 0.438. The van der Waals surface area contributed by atoms with Crippen molar-refractivity contribution in [2.45, 2.75) is 152 Å². The van der Waals surface area contributed by atoms with Crippen LogP contribution in [0.4, 0.5) is 17.1 Å². The second-order valence-electron chi connectivity index (χ2n) is 23.4. The van der Waals surface area contributed by atoms with Crippen LogP contribution < -0.4 is 15.3 Å². The van der Waals surface area contributed by atoms with Gasteiger partial charge >= 0.3 is 0 Å². The highest BCUT2D eigenvalue weighted by atomic mass is 15.2. The van der Waals surface area contributed by atoms with Crippen molar-refractivity contribution >= 4 is 29.2 Å². The molecule has 0 saturated carbocycles. The average Bonchev–Trinajstić information content (AvgIpc) is 3.49. The van der Waals surface area contributed by atoms with Gasteiger partial charge in [-0.05, 0) is 112 Å². The van der Waals surface area contributed by atoms with Crippen molar-refractivity contribution in [3.05, 3.63) is 141 Å². The number of allylic oxidation sites excluding steroid dienone is 8. The van der Waals surface area contributed by atoms with Gasteiger partial charge in [0, 0.05) is 45.8 Å². The Hall–Kier alpha value is -3.98. The summed E-state index contributed by atoms with van der Waals surface area (Å²) >= 11 is 0. The van der Waals surface area contributed by atoms with Crippen LogP contribution in [0, 0.1) is 22.2 Å². The van der Waals surface area contributed by atoms with Gasteiger partial charge in [-0.1, -0.05) is 180 Å². The summed E-state index contributed by atoms with van der Waals surface area (Å²) in [4.78, 5) is 5.70. The van der Waals surface area contributed by atoms with E-state index in [4.69, 9.17) is 0 Å². The smallest absolute Gasteiger partial charge is 0.222 e. The molecule has 3 atom stereocenters. The van der Waals surface area contributed by atoms with Gasteiger partial charge in [0.05, 0.1) is 0 Å². The Bertz CT molecular complexity index is 2350. The van der Waals surface area contributed by atoms with Crippen LogP contribution >= 0.6 is 0 Å². The summed E-state index contributed by atoms with van der Waals surface area (Å²) in [6.07, 6.45) is 13.6. The minimum absolute atomic E-state index is 0.0555. The minimum Gasteiger partial charge on any atom is -0.339 e. The van der Waals surface area contributed by atoms with Gasteiger partial charge in [-0.3, -0.25) is 0 Å². The van der Waals surface area contributed by atoms with Crippen molar-refractivity contribution in [1.82, 2.24) is 0 Å². The standard InChI is InChI=1S/C55H69BN2/c1-51(2,3)35-21-18-22-40(27-35)57-46-26-24-37(53(7,8)9)30-43(46)56-44-31-38(54(10,11)12)29-42-41-28-36(52(4,5)6)23-25-45(41)58(50(42)44)48-33-39(32-47(57)49(48)56)55(13,14)34-19-16-15-17-20-34/h15-22,24,27-28,31-33,42-43,46H,23,25-26,29-30H2,1-14H3. The molecule has 0 spiro atoms. The second-order valence-corrected chi connectivity index (χ2v) is 23.4. The highest BCUT2D eigenvalue weighted by Gasteiger charge is 2.56. The number of fused-ring (bicyclic) bond motifs is 6. The quantitative estimate of drug-likeness (QED) is 0.193. The van der Waals surface area contributed by atoms with Gasteiger partial charge in [0.25, 0.3) is 0 Å². The van der Waals surface area contributed by atoms with Gasteiger partial charge in [0.2, 0.25) is 6.71 Å². The summed E-state index contributed by atoms with van der Waals surface area (Å²) in [7, 11) is 0. The maximum atomic E-state index is 2.86. The van der Waals surface area contributed by atoms with Crippen LogP contribution in [0.3, 0.4) is 0 Å². The Kier molecular flexibility index (Phi) is 8.86. The van der Waals surface area contributed by atoms with Crippen LogP contribution in [0.1, 0.15) is 146 Å². The third-order valence-corrected chi connectivity index (χ3v) is 15.3. The molecule has 0 aromatic heterocycles. The lowest BCUT2D eigenvalue weighted by atomic mass is 9.26. The lowest BCUT2D eigenvalue weighted by Gasteiger charge is -2.54. The van der Waals surface area contributed by atoms with Crippen LogP contribution in [0.25, 0.3) is 0 Å². The van der Waals surface area contributed by atoms with Gasteiger partial charge in [0.15, 0.2) is 0 Å². The summed E-state index contributed by atoms with van der Waals surface area (Å²) in [6, 6.07) is 26.5. The van der Waals surface area contributed by atoms with Crippen molar-refractivity contribution in [1.29, 1.82) is 0 Å². The fourth-order valence-electron chi connectivity index (χ4n) is 11.5. The molecule has 3 aromatic carbocycles. The van der Waals surface area contributed by atoms with E-state index in [0.29, 0.717) is 24.5 Å². The number of hydrogen-bond donors (Lipinski definition) is 0. The molecular formula is C55H69BN2. The molecule has 302 valence electrons. The molecule has 3 unspecified atom stereocenters. The van der Waals surface area contributed by atoms with E-state index >= 15 is 0 Å². The monoisotopic (exact) mass is 769 g/mol. The zero-order chi connectivity index (χ0) is 41.5. The highest BCUT2D eigenvalue weighted by molar-refractivity contribution is 6.85. The first kappa shape index (κ1) is 39.5. The molecule has 0 bridgehead atoms. The van der Waals surface area contributed by atoms with E-state index in [9.17, 15) is 0 Å². The van der Waals surface area contributed by atoms with Crippen molar-refractivity contribution in [2.75, 3.05) is 9.80 Å². The van der Waals surface area contributed by atoms with E-state index in [-0.39, 0.29) is 27.1 Å².